The molecule has 108 valence electrons. The molecule has 0 fully saturated rings. The van der Waals surface area contributed by atoms with Crippen molar-refractivity contribution in [3.63, 3.8) is 0 Å². The van der Waals surface area contributed by atoms with Crippen molar-refractivity contribution in [1.29, 1.82) is 0 Å². The van der Waals surface area contributed by atoms with Crippen LogP contribution in [0, 0.1) is 5.82 Å². The van der Waals surface area contributed by atoms with Gasteiger partial charge < -0.3 is 9.47 Å². The van der Waals surface area contributed by atoms with Crippen LogP contribution in [-0.2, 0) is 13.1 Å². The maximum absolute atomic E-state index is 13.4. The second kappa shape index (κ2) is 5.61. The van der Waals surface area contributed by atoms with Gasteiger partial charge in [-0.3, -0.25) is 0 Å². The van der Waals surface area contributed by atoms with Crippen molar-refractivity contribution in [3.05, 3.63) is 59.8 Å². The zero-order valence-corrected chi connectivity index (χ0v) is 12.1. The molecule has 1 aromatic carbocycles. The molecule has 0 saturated heterocycles. The summed E-state index contributed by atoms with van der Waals surface area (Å²) in [7, 11) is 4.00. The number of imidazole rings is 1. The Morgan fingerprint density at radius 1 is 1.19 bits per heavy atom. The highest BCUT2D eigenvalue weighted by Crippen LogP contribution is 2.17. The summed E-state index contributed by atoms with van der Waals surface area (Å²) in [5, 5.41) is 0. The third kappa shape index (κ3) is 2.92. The van der Waals surface area contributed by atoms with Gasteiger partial charge in [0.05, 0.1) is 12.1 Å². The Morgan fingerprint density at radius 2 is 2.05 bits per heavy atom. The number of fused-ring (bicyclic) bond motifs is 1. The van der Waals surface area contributed by atoms with Gasteiger partial charge in [0.15, 0.2) is 5.65 Å². The minimum atomic E-state index is -0.218. The molecule has 3 rings (SSSR count). The van der Waals surface area contributed by atoms with Crippen LogP contribution in [0.25, 0.3) is 11.2 Å². The molecule has 0 aliphatic rings. The highest BCUT2D eigenvalue weighted by Gasteiger charge is 2.12. The number of pyridine rings is 1. The van der Waals surface area contributed by atoms with Crippen LogP contribution < -0.4 is 0 Å². The third-order valence-corrected chi connectivity index (χ3v) is 3.29. The van der Waals surface area contributed by atoms with Gasteiger partial charge in [0.1, 0.15) is 11.6 Å². The normalized spacial score (nSPS) is 11.4. The number of hydrogen-bond acceptors (Lipinski definition) is 3. The Balaban J connectivity index is 2.06. The van der Waals surface area contributed by atoms with E-state index >= 15 is 0 Å². The zero-order valence-electron chi connectivity index (χ0n) is 12.1. The molecule has 2 heterocycles. The monoisotopic (exact) mass is 284 g/mol. The summed E-state index contributed by atoms with van der Waals surface area (Å²) < 4.78 is 15.5. The first-order chi connectivity index (χ1) is 10.1. The summed E-state index contributed by atoms with van der Waals surface area (Å²) in [6.45, 7) is 1.30. The van der Waals surface area contributed by atoms with Gasteiger partial charge in [-0.1, -0.05) is 12.1 Å². The molecule has 0 N–H and O–H groups in total. The first-order valence-corrected chi connectivity index (χ1v) is 6.83. The van der Waals surface area contributed by atoms with Crippen molar-refractivity contribution in [3.8, 4) is 0 Å². The van der Waals surface area contributed by atoms with E-state index < -0.39 is 0 Å². The fourth-order valence-electron chi connectivity index (χ4n) is 2.40. The number of hydrogen-bond donors (Lipinski definition) is 0. The Labute approximate surface area is 122 Å². The molecule has 0 aliphatic carbocycles. The van der Waals surface area contributed by atoms with Crippen LogP contribution in [-0.4, -0.2) is 33.5 Å². The molecule has 0 aliphatic heterocycles. The summed E-state index contributed by atoms with van der Waals surface area (Å²) in [5.74, 6) is 0.710. The average molecular weight is 284 g/mol. The lowest BCUT2D eigenvalue weighted by molar-refractivity contribution is 0.384. The SMILES string of the molecule is CN(C)Cc1nc2ncccc2n1Cc1cccc(F)c1. The second-order valence-corrected chi connectivity index (χ2v) is 5.33. The Hall–Kier alpha value is -2.27. The number of halogens is 1. The molecule has 0 radical (unpaired) electrons. The maximum Gasteiger partial charge on any atom is 0.177 e. The molecule has 0 bridgehead atoms. The van der Waals surface area contributed by atoms with Crippen molar-refractivity contribution in [1.82, 2.24) is 19.4 Å². The van der Waals surface area contributed by atoms with E-state index in [-0.39, 0.29) is 5.82 Å². The van der Waals surface area contributed by atoms with E-state index in [0.717, 1.165) is 22.6 Å². The molecular weight excluding hydrogens is 267 g/mol. The van der Waals surface area contributed by atoms with Crippen molar-refractivity contribution < 1.29 is 4.39 Å². The Morgan fingerprint density at radius 3 is 2.81 bits per heavy atom. The smallest absolute Gasteiger partial charge is 0.177 e. The van der Waals surface area contributed by atoms with Crippen LogP contribution in [0.1, 0.15) is 11.4 Å². The van der Waals surface area contributed by atoms with Gasteiger partial charge in [-0.15, -0.1) is 0 Å². The summed E-state index contributed by atoms with van der Waals surface area (Å²) >= 11 is 0. The number of benzene rings is 1. The topological polar surface area (TPSA) is 34.0 Å². The van der Waals surface area contributed by atoms with E-state index in [0.29, 0.717) is 13.1 Å². The molecule has 4 nitrogen and oxygen atoms in total. The first-order valence-electron chi connectivity index (χ1n) is 6.83. The molecule has 0 amide bonds. The fourth-order valence-corrected chi connectivity index (χ4v) is 2.40. The average Bonchev–Trinajstić information content (AvgIpc) is 2.76. The standard InChI is InChI=1S/C16H17FN4/c1-20(2)11-15-19-16-14(7-4-8-18-16)21(15)10-12-5-3-6-13(17)9-12/h3-9H,10-11H2,1-2H3. The highest BCUT2D eigenvalue weighted by atomic mass is 19.1. The lowest BCUT2D eigenvalue weighted by Gasteiger charge is -2.13. The predicted molar refractivity (Wildman–Crippen MR) is 80.4 cm³/mol. The minimum absolute atomic E-state index is 0.218. The van der Waals surface area contributed by atoms with E-state index in [9.17, 15) is 4.39 Å². The van der Waals surface area contributed by atoms with E-state index in [1.807, 2.05) is 32.3 Å². The summed E-state index contributed by atoms with van der Waals surface area (Å²) in [6.07, 6.45) is 1.74. The number of aromatic nitrogens is 3. The van der Waals surface area contributed by atoms with Crippen LogP contribution in [0.4, 0.5) is 4.39 Å². The van der Waals surface area contributed by atoms with Crippen LogP contribution in [0.5, 0.6) is 0 Å². The van der Waals surface area contributed by atoms with Gasteiger partial charge in [-0.2, -0.15) is 0 Å². The Kier molecular flexibility index (Phi) is 3.66. The van der Waals surface area contributed by atoms with Gasteiger partial charge in [-0.05, 0) is 43.9 Å². The van der Waals surface area contributed by atoms with Gasteiger partial charge in [0.25, 0.3) is 0 Å². The number of rotatable bonds is 4. The van der Waals surface area contributed by atoms with E-state index in [1.54, 1.807) is 18.3 Å². The lowest BCUT2D eigenvalue weighted by Crippen LogP contribution is -2.16. The lowest BCUT2D eigenvalue weighted by atomic mass is 10.2. The molecule has 0 spiro atoms. The van der Waals surface area contributed by atoms with Crippen LogP contribution >= 0.6 is 0 Å². The number of nitrogens with zero attached hydrogens (tertiary/aromatic N) is 4. The summed E-state index contributed by atoms with van der Waals surface area (Å²) in [6, 6.07) is 10.6. The van der Waals surface area contributed by atoms with E-state index in [2.05, 4.69) is 19.4 Å². The summed E-state index contributed by atoms with van der Waals surface area (Å²) in [4.78, 5) is 11.0. The van der Waals surface area contributed by atoms with Crippen molar-refractivity contribution in [2.24, 2.45) is 0 Å². The molecule has 2 aromatic heterocycles. The molecule has 5 heteroatoms. The maximum atomic E-state index is 13.4. The highest BCUT2D eigenvalue weighted by molar-refractivity contribution is 5.71. The Bertz CT molecular complexity index is 764. The predicted octanol–water partition coefficient (Wildman–Crippen LogP) is 2.68. The van der Waals surface area contributed by atoms with Crippen LogP contribution in [0.15, 0.2) is 42.6 Å². The van der Waals surface area contributed by atoms with Gasteiger partial charge in [0, 0.05) is 12.7 Å². The third-order valence-electron chi connectivity index (χ3n) is 3.29. The molecule has 0 atom stereocenters. The minimum Gasteiger partial charge on any atom is -0.321 e. The van der Waals surface area contributed by atoms with Crippen LogP contribution in [0.2, 0.25) is 0 Å². The van der Waals surface area contributed by atoms with E-state index in [1.165, 1.54) is 6.07 Å². The zero-order chi connectivity index (χ0) is 14.8. The van der Waals surface area contributed by atoms with Crippen molar-refractivity contribution in [2.45, 2.75) is 13.1 Å². The largest absolute Gasteiger partial charge is 0.321 e. The van der Waals surface area contributed by atoms with Crippen LogP contribution in [0.3, 0.4) is 0 Å². The second-order valence-electron chi connectivity index (χ2n) is 5.33. The first kappa shape index (κ1) is 13.7. The van der Waals surface area contributed by atoms with Crippen molar-refractivity contribution >= 4 is 11.2 Å². The van der Waals surface area contributed by atoms with Gasteiger partial charge >= 0.3 is 0 Å². The van der Waals surface area contributed by atoms with Gasteiger partial charge in [0.2, 0.25) is 0 Å². The quantitative estimate of drug-likeness (QED) is 0.738. The van der Waals surface area contributed by atoms with Gasteiger partial charge in [-0.25, -0.2) is 14.4 Å². The molecule has 21 heavy (non-hydrogen) atoms. The van der Waals surface area contributed by atoms with E-state index in [4.69, 9.17) is 0 Å². The molecule has 3 aromatic rings. The summed E-state index contributed by atoms with van der Waals surface area (Å²) in [5.41, 5.74) is 2.61. The fraction of sp³-hybridized carbons (Fsp3) is 0.250. The molecule has 0 saturated carbocycles. The molecule has 0 unspecified atom stereocenters. The van der Waals surface area contributed by atoms with Crippen molar-refractivity contribution in [2.75, 3.05) is 14.1 Å². The molecular formula is C16H17FN4.